The first-order chi connectivity index (χ1) is 6.81. The molecule has 0 aliphatic carbocycles. The summed E-state index contributed by atoms with van der Waals surface area (Å²) in [6, 6.07) is 3.26. The number of hydrogen-bond donors (Lipinski definition) is 1. The number of benzene rings is 1. The maximum atomic E-state index is 12.1. The van der Waals surface area contributed by atoms with Gasteiger partial charge in [-0.3, -0.25) is 0 Å². The Morgan fingerprint density at radius 2 is 1.87 bits per heavy atom. The largest absolute Gasteiger partial charge is 0.390 e. The fourth-order valence-electron chi connectivity index (χ4n) is 1.17. The lowest BCUT2D eigenvalue weighted by atomic mass is 10.0. The Kier molecular flexibility index (Phi) is 3.87. The van der Waals surface area contributed by atoms with Gasteiger partial charge < -0.3 is 5.73 Å². The van der Waals surface area contributed by atoms with Gasteiger partial charge in [-0.1, -0.05) is 35.3 Å². The lowest BCUT2D eigenvalue weighted by Gasteiger charge is -2.16. The zero-order valence-corrected chi connectivity index (χ0v) is 9.00. The van der Waals surface area contributed by atoms with E-state index in [1.165, 1.54) is 18.2 Å². The van der Waals surface area contributed by atoms with Gasteiger partial charge in [0.2, 0.25) is 0 Å². The molecule has 0 spiro atoms. The van der Waals surface area contributed by atoms with E-state index in [0.29, 0.717) is 0 Å². The Morgan fingerprint density at radius 1 is 1.27 bits per heavy atom. The normalized spacial score (nSPS) is 14.0. The van der Waals surface area contributed by atoms with Crippen molar-refractivity contribution in [3.8, 4) is 0 Å². The van der Waals surface area contributed by atoms with Crippen LogP contribution in [0.15, 0.2) is 18.2 Å². The van der Waals surface area contributed by atoms with E-state index in [0.717, 1.165) is 0 Å². The molecule has 0 amide bonds. The molecule has 15 heavy (non-hydrogen) atoms. The van der Waals surface area contributed by atoms with E-state index in [1.807, 2.05) is 0 Å². The van der Waals surface area contributed by atoms with Gasteiger partial charge >= 0.3 is 6.18 Å². The molecule has 0 saturated heterocycles. The summed E-state index contributed by atoms with van der Waals surface area (Å²) in [7, 11) is 0. The molecule has 0 aromatic heterocycles. The van der Waals surface area contributed by atoms with Crippen molar-refractivity contribution >= 4 is 23.2 Å². The number of hydrogen-bond acceptors (Lipinski definition) is 1. The van der Waals surface area contributed by atoms with Gasteiger partial charge in [0.1, 0.15) is 0 Å². The zero-order chi connectivity index (χ0) is 11.6. The van der Waals surface area contributed by atoms with E-state index in [9.17, 15) is 13.2 Å². The Balaban J connectivity index is 2.92. The van der Waals surface area contributed by atoms with Crippen molar-refractivity contribution < 1.29 is 13.2 Å². The fraction of sp³-hybridized carbons (Fsp3) is 0.333. The topological polar surface area (TPSA) is 26.0 Å². The molecule has 6 heteroatoms. The van der Waals surface area contributed by atoms with E-state index < -0.39 is 18.6 Å². The Bertz CT molecular complexity index is 352. The second kappa shape index (κ2) is 4.60. The van der Waals surface area contributed by atoms with Gasteiger partial charge in [0.25, 0.3) is 0 Å². The number of alkyl halides is 3. The number of halogens is 5. The van der Waals surface area contributed by atoms with E-state index in [4.69, 9.17) is 28.9 Å². The van der Waals surface area contributed by atoms with Gasteiger partial charge in [-0.15, -0.1) is 0 Å². The highest BCUT2D eigenvalue weighted by Gasteiger charge is 2.31. The van der Waals surface area contributed by atoms with Gasteiger partial charge in [0, 0.05) is 6.04 Å². The third-order valence-electron chi connectivity index (χ3n) is 1.83. The van der Waals surface area contributed by atoms with Gasteiger partial charge in [0.05, 0.1) is 16.5 Å². The highest BCUT2D eigenvalue weighted by Crippen LogP contribution is 2.34. The second-order valence-corrected chi connectivity index (χ2v) is 3.85. The van der Waals surface area contributed by atoms with Gasteiger partial charge in [-0.05, 0) is 11.6 Å². The minimum absolute atomic E-state index is 0.0796. The molecular formula is C9H8Cl2F3N. The van der Waals surface area contributed by atoms with Crippen LogP contribution in [-0.4, -0.2) is 6.18 Å². The van der Waals surface area contributed by atoms with Crippen molar-refractivity contribution in [2.45, 2.75) is 18.6 Å². The maximum Gasteiger partial charge on any atom is 0.390 e. The molecule has 0 saturated carbocycles. The Morgan fingerprint density at radius 3 is 2.40 bits per heavy atom. The standard InChI is InChI=1S/C9H8Cl2F3N/c10-6-3-1-2-5(8(6)11)7(15)4-9(12,13)14/h1-3,7H,4,15H2/t7-/m1/s1. The molecule has 0 aliphatic heterocycles. The van der Waals surface area contributed by atoms with E-state index in [2.05, 4.69) is 0 Å². The zero-order valence-electron chi connectivity index (χ0n) is 7.48. The number of nitrogens with two attached hydrogens (primary N) is 1. The predicted molar refractivity (Wildman–Crippen MR) is 54.1 cm³/mol. The summed E-state index contributed by atoms with van der Waals surface area (Å²) in [6.07, 6.45) is -5.43. The van der Waals surface area contributed by atoms with Crippen LogP contribution in [0, 0.1) is 0 Å². The lowest BCUT2D eigenvalue weighted by Crippen LogP contribution is -2.20. The minimum atomic E-state index is -4.31. The highest BCUT2D eigenvalue weighted by atomic mass is 35.5. The van der Waals surface area contributed by atoms with Gasteiger partial charge in [-0.25, -0.2) is 0 Å². The predicted octanol–water partition coefficient (Wildman–Crippen LogP) is 3.95. The first-order valence-electron chi connectivity index (χ1n) is 4.07. The highest BCUT2D eigenvalue weighted by molar-refractivity contribution is 6.42. The molecule has 0 unspecified atom stereocenters. The van der Waals surface area contributed by atoms with Crippen molar-refractivity contribution in [3.05, 3.63) is 33.8 Å². The molecule has 1 rings (SSSR count). The van der Waals surface area contributed by atoms with Crippen LogP contribution in [-0.2, 0) is 0 Å². The van der Waals surface area contributed by atoms with Crippen molar-refractivity contribution in [3.63, 3.8) is 0 Å². The third-order valence-corrected chi connectivity index (χ3v) is 2.67. The average molecular weight is 258 g/mol. The Labute approximate surface area is 95.0 Å². The van der Waals surface area contributed by atoms with Crippen LogP contribution >= 0.6 is 23.2 Å². The molecule has 2 N–H and O–H groups in total. The summed E-state index contributed by atoms with van der Waals surface area (Å²) in [5.74, 6) is 0. The average Bonchev–Trinajstić information content (AvgIpc) is 2.06. The first-order valence-corrected chi connectivity index (χ1v) is 4.83. The molecule has 0 fully saturated rings. The molecule has 1 aromatic carbocycles. The summed E-state index contributed by atoms with van der Waals surface area (Å²) < 4.78 is 36.2. The monoisotopic (exact) mass is 257 g/mol. The molecule has 0 radical (unpaired) electrons. The van der Waals surface area contributed by atoms with Crippen LogP contribution in [0.4, 0.5) is 13.2 Å². The molecule has 1 nitrogen and oxygen atoms in total. The van der Waals surface area contributed by atoms with Crippen molar-refractivity contribution in [1.82, 2.24) is 0 Å². The van der Waals surface area contributed by atoms with E-state index in [1.54, 1.807) is 0 Å². The van der Waals surface area contributed by atoms with Crippen LogP contribution in [0.5, 0.6) is 0 Å². The van der Waals surface area contributed by atoms with E-state index >= 15 is 0 Å². The van der Waals surface area contributed by atoms with Crippen molar-refractivity contribution in [1.29, 1.82) is 0 Å². The molecule has 0 bridgehead atoms. The Hall–Kier alpha value is -0.450. The van der Waals surface area contributed by atoms with Crippen LogP contribution in [0.2, 0.25) is 10.0 Å². The molecular weight excluding hydrogens is 250 g/mol. The summed E-state index contributed by atoms with van der Waals surface area (Å²) in [6.45, 7) is 0. The van der Waals surface area contributed by atoms with Crippen molar-refractivity contribution in [2.24, 2.45) is 5.73 Å². The van der Waals surface area contributed by atoms with Gasteiger partial charge in [-0.2, -0.15) is 13.2 Å². The summed E-state index contributed by atoms with van der Waals surface area (Å²) in [5.41, 5.74) is 5.60. The third kappa shape index (κ3) is 3.55. The van der Waals surface area contributed by atoms with Crippen LogP contribution in [0.3, 0.4) is 0 Å². The first kappa shape index (κ1) is 12.6. The van der Waals surface area contributed by atoms with Crippen LogP contribution in [0.1, 0.15) is 18.0 Å². The summed E-state index contributed by atoms with van der Waals surface area (Å²) in [4.78, 5) is 0. The van der Waals surface area contributed by atoms with Gasteiger partial charge in [0.15, 0.2) is 0 Å². The summed E-state index contributed by atoms with van der Waals surface area (Å²) in [5, 5.41) is 0.280. The molecule has 1 aromatic rings. The molecule has 1 atom stereocenters. The summed E-state index contributed by atoms with van der Waals surface area (Å²) >= 11 is 11.4. The van der Waals surface area contributed by atoms with Crippen LogP contribution in [0.25, 0.3) is 0 Å². The SMILES string of the molecule is N[C@H](CC(F)(F)F)c1cccc(Cl)c1Cl. The number of rotatable bonds is 2. The van der Waals surface area contributed by atoms with E-state index in [-0.39, 0.29) is 15.6 Å². The second-order valence-electron chi connectivity index (χ2n) is 3.07. The molecule has 0 heterocycles. The van der Waals surface area contributed by atoms with Crippen molar-refractivity contribution in [2.75, 3.05) is 0 Å². The molecule has 0 aliphatic rings. The minimum Gasteiger partial charge on any atom is -0.324 e. The maximum absolute atomic E-state index is 12.1. The molecule has 84 valence electrons. The van der Waals surface area contributed by atoms with Crippen LogP contribution < -0.4 is 5.73 Å². The lowest BCUT2D eigenvalue weighted by molar-refractivity contribution is -0.138. The smallest absolute Gasteiger partial charge is 0.324 e. The quantitative estimate of drug-likeness (QED) is 0.853. The fourth-order valence-corrected chi connectivity index (χ4v) is 1.61.